The molecule has 24 aromatic carbocycles. The highest BCUT2D eigenvalue weighted by Gasteiger charge is 2.27. The van der Waals surface area contributed by atoms with Gasteiger partial charge in [0.25, 0.3) is 0 Å². The van der Waals surface area contributed by atoms with Crippen molar-refractivity contribution in [2.45, 2.75) is 0 Å². The molecule has 0 saturated heterocycles. The van der Waals surface area contributed by atoms with Gasteiger partial charge in [-0.15, -0.1) is 0 Å². The molecule has 684 valence electrons. The minimum atomic E-state index is 0.642. The van der Waals surface area contributed by atoms with Gasteiger partial charge in [-0.25, -0.2) is 44.9 Å². The van der Waals surface area contributed by atoms with Gasteiger partial charge in [0.1, 0.15) is 0 Å². The summed E-state index contributed by atoms with van der Waals surface area (Å²) in [4.78, 5) is 44.5. The molecule has 0 saturated carbocycles. The molecule has 12 nitrogen and oxygen atoms in total. The van der Waals surface area contributed by atoms with Crippen molar-refractivity contribution in [2.24, 2.45) is 0 Å². The molecule has 12 heteroatoms. The quantitative estimate of drug-likeness (QED) is 0.110. The number of hydrogen-bond donors (Lipinski definition) is 0. The highest BCUT2D eigenvalue weighted by Crippen LogP contribution is 2.50. The van der Waals surface area contributed by atoms with Gasteiger partial charge in [-0.05, 0) is 166 Å². The summed E-state index contributed by atoms with van der Waals surface area (Å²) in [6.45, 7) is 0. The van der Waals surface area contributed by atoms with Crippen molar-refractivity contribution in [3.05, 3.63) is 510 Å². The van der Waals surface area contributed by atoms with Gasteiger partial charge < -0.3 is 13.7 Å². The number of aromatic nitrogens is 12. The van der Waals surface area contributed by atoms with E-state index < -0.39 is 0 Å². The molecule has 0 unspecified atom stereocenters. The van der Waals surface area contributed by atoms with E-state index in [1.165, 1.54) is 162 Å². The molecule has 0 N–H and O–H groups in total. The molecule has 0 fully saturated rings. The number of hydrogen-bond acceptors (Lipinski definition) is 9. The standard InChI is InChI=1S/3C45H28N4/c1-3-14-30(15-4-1)43-46-44(31-16-5-2-6-17-31)48-45(47-43)32-23-26-33(27-24-32)49-41-34-18-8-7-13-29(34)25-28-39(41)40-37-21-11-9-19-35(37)36-20-10-12-22-38(36)42(40)49;1-3-14-30(15-4-1)43-46-44(31-16-5-2-6-17-31)48-45(47-43)32-23-26-33(27-24-32)49-39-28-25-29-13-7-8-18-34(29)40(39)41-37-21-11-9-19-35(37)36-20-10-12-22-38(36)42(41)49;1-3-13-29(14-4-1)43-46-44(30-15-5-2-6-16-30)48-45(47-43)31-23-25-34(26-24-31)49-40-28-33-18-8-7-17-32(33)27-39(40)41-37-21-11-9-19-35(37)36-20-10-12-22-38(36)42(41)49/h3*1-28H. The lowest BCUT2D eigenvalue weighted by atomic mass is 9.95. The normalized spacial score (nSPS) is 11.7. The molecule has 30 aromatic rings. The first-order chi connectivity index (χ1) is 72.9. The average molecular weight is 1870 g/mol. The Balaban J connectivity index is 0.000000107. The summed E-state index contributed by atoms with van der Waals surface area (Å²) in [7, 11) is 0. The van der Waals surface area contributed by atoms with Crippen LogP contribution in [-0.4, -0.2) is 58.6 Å². The van der Waals surface area contributed by atoms with Crippen molar-refractivity contribution in [1.29, 1.82) is 0 Å². The molecule has 6 aromatic heterocycles. The molecule has 6 heterocycles. The van der Waals surface area contributed by atoms with Crippen molar-refractivity contribution in [3.8, 4) is 120 Å². The van der Waals surface area contributed by atoms with Crippen molar-refractivity contribution in [2.75, 3.05) is 0 Å². The Hall–Kier alpha value is -20.0. The van der Waals surface area contributed by atoms with Crippen LogP contribution >= 0.6 is 0 Å². The minimum Gasteiger partial charge on any atom is -0.309 e. The number of benzene rings is 24. The van der Waals surface area contributed by atoms with E-state index in [9.17, 15) is 0 Å². The van der Waals surface area contributed by atoms with E-state index in [4.69, 9.17) is 44.9 Å². The second kappa shape index (κ2) is 35.7. The Morgan fingerprint density at radius 2 is 0.347 bits per heavy atom. The van der Waals surface area contributed by atoms with Crippen LogP contribution in [0, 0.1) is 0 Å². The summed E-state index contributed by atoms with van der Waals surface area (Å²) in [6.07, 6.45) is 0. The lowest BCUT2D eigenvalue weighted by Crippen LogP contribution is -2.00. The number of fused-ring (bicyclic) bond motifs is 29. The smallest absolute Gasteiger partial charge is 0.164 e. The predicted octanol–water partition coefficient (Wildman–Crippen LogP) is 34.3. The van der Waals surface area contributed by atoms with Gasteiger partial charge in [0.2, 0.25) is 0 Å². The fourth-order valence-corrected chi connectivity index (χ4v) is 22.1. The molecular weight excluding hydrogens is 1790 g/mol. The molecule has 147 heavy (non-hydrogen) atoms. The third-order valence-electron chi connectivity index (χ3n) is 28.8. The molecule has 0 amide bonds. The first kappa shape index (κ1) is 85.1. The van der Waals surface area contributed by atoms with Crippen molar-refractivity contribution >= 4 is 162 Å². The van der Waals surface area contributed by atoms with E-state index in [0.717, 1.165) is 67.1 Å². The maximum atomic E-state index is 4.98. The van der Waals surface area contributed by atoms with E-state index >= 15 is 0 Å². The molecular formula is C135H84N12. The zero-order chi connectivity index (χ0) is 96.9. The van der Waals surface area contributed by atoms with Gasteiger partial charge >= 0.3 is 0 Å². The third kappa shape index (κ3) is 14.7. The number of rotatable bonds is 12. The lowest BCUT2D eigenvalue weighted by molar-refractivity contribution is 1.07. The van der Waals surface area contributed by atoms with Crippen LogP contribution in [0.15, 0.2) is 510 Å². The van der Waals surface area contributed by atoms with Crippen LogP contribution in [0.4, 0.5) is 0 Å². The second-order valence-electron chi connectivity index (χ2n) is 37.3. The van der Waals surface area contributed by atoms with Crippen molar-refractivity contribution in [3.63, 3.8) is 0 Å². The van der Waals surface area contributed by atoms with Crippen molar-refractivity contribution < 1.29 is 0 Å². The minimum absolute atomic E-state index is 0.642. The first-order valence-corrected chi connectivity index (χ1v) is 49.6. The Morgan fingerprint density at radius 1 is 0.116 bits per heavy atom. The molecule has 0 aliphatic heterocycles. The van der Waals surface area contributed by atoms with Gasteiger partial charge in [0.15, 0.2) is 52.4 Å². The zero-order valence-electron chi connectivity index (χ0n) is 79.4. The van der Waals surface area contributed by atoms with Crippen molar-refractivity contribution in [1.82, 2.24) is 58.6 Å². The van der Waals surface area contributed by atoms with Crippen LogP contribution in [0.25, 0.3) is 282 Å². The van der Waals surface area contributed by atoms with Crippen LogP contribution in [0.2, 0.25) is 0 Å². The topological polar surface area (TPSA) is 131 Å². The fourth-order valence-electron chi connectivity index (χ4n) is 22.1. The van der Waals surface area contributed by atoms with E-state index in [1.807, 2.05) is 182 Å². The zero-order valence-corrected chi connectivity index (χ0v) is 79.4. The van der Waals surface area contributed by atoms with Gasteiger partial charge in [0, 0.05) is 121 Å². The van der Waals surface area contributed by atoms with Crippen LogP contribution in [0.5, 0.6) is 0 Å². The number of nitrogens with zero attached hydrogens (tertiary/aromatic N) is 12. The van der Waals surface area contributed by atoms with E-state index in [2.05, 4.69) is 341 Å². The maximum absolute atomic E-state index is 4.98. The SMILES string of the molecule is c1ccc(-c2nc(-c3ccccc3)nc(-c3ccc(-n4c5c6ccccc6ccc5c5c6ccccc6c6ccccc6c54)cc3)n2)cc1.c1ccc(-c2nc(-c3ccccc3)nc(-c3ccc(-n4c5cc6ccccc6cc5c5c6ccccc6c6ccccc6c54)cc3)n2)cc1.c1ccc(-c2nc(-c3ccccc3)nc(-c3ccc(-n4c5ccc6ccccc6c5c5c6ccccc6c6ccccc6c54)cc3)n2)cc1. The first-order valence-electron chi connectivity index (χ1n) is 49.6. The second-order valence-corrected chi connectivity index (χ2v) is 37.3. The molecule has 0 atom stereocenters. The van der Waals surface area contributed by atoms with E-state index in [1.54, 1.807) is 0 Å². The highest BCUT2D eigenvalue weighted by molar-refractivity contribution is 6.38. The molecule has 0 aliphatic carbocycles. The highest BCUT2D eigenvalue weighted by atomic mass is 15.1. The maximum Gasteiger partial charge on any atom is 0.164 e. The van der Waals surface area contributed by atoms with E-state index in [0.29, 0.717) is 52.4 Å². The fraction of sp³-hybridized carbons (Fsp3) is 0. The molecule has 0 spiro atoms. The lowest BCUT2D eigenvalue weighted by Gasteiger charge is -2.13. The van der Waals surface area contributed by atoms with Crippen LogP contribution in [0.3, 0.4) is 0 Å². The molecule has 0 aliphatic rings. The Morgan fingerprint density at radius 3 is 0.701 bits per heavy atom. The van der Waals surface area contributed by atoms with Crippen LogP contribution in [0.1, 0.15) is 0 Å². The Labute approximate surface area is 844 Å². The van der Waals surface area contributed by atoms with Crippen LogP contribution < -0.4 is 0 Å². The summed E-state index contributed by atoms with van der Waals surface area (Å²) in [5, 5.41) is 30.1. The largest absolute Gasteiger partial charge is 0.309 e. The van der Waals surface area contributed by atoms with Gasteiger partial charge in [-0.3, -0.25) is 0 Å². The van der Waals surface area contributed by atoms with Gasteiger partial charge in [-0.1, -0.05) is 419 Å². The predicted molar refractivity (Wildman–Crippen MR) is 609 cm³/mol. The molecule has 0 bridgehead atoms. The summed E-state index contributed by atoms with van der Waals surface area (Å²) in [5.74, 6) is 5.85. The monoisotopic (exact) mass is 1870 g/mol. The van der Waals surface area contributed by atoms with Gasteiger partial charge in [0.05, 0.1) is 33.1 Å². The Bertz CT molecular complexity index is 10000. The summed E-state index contributed by atoms with van der Waals surface area (Å²) >= 11 is 0. The molecule has 0 radical (unpaired) electrons. The average Bonchev–Trinajstić information content (AvgIpc) is 1.54. The Kier molecular flexibility index (Phi) is 20.6. The third-order valence-corrected chi connectivity index (χ3v) is 28.8. The van der Waals surface area contributed by atoms with E-state index in [-0.39, 0.29) is 0 Å². The summed E-state index contributed by atoms with van der Waals surface area (Å²) in [5.41, 5.74) is 19.0. The summed E-state index contributed by atoms with van der Waals surface area (Å²) < 4.78 is 7.34. The van der Waals surface area contributed by atoms with Crippen LogP contribution in [-0.2, 0) is 0 Å². The summed E-state index contributed by atoms with van der Waals surface area (Å²) in [6, 6.07) is 179. The molecule has 30 rings (SSSR count). The van der Waals surface area contributed by atoms with Gasteiger partial charge in [-0.2, -0.15) is 0 Å².